The van der Waals surface area contributed by atoms with Crippen molar-refractivity contribution in [3.8, 4) is 0 Å². The Bertz CT molecular complexity index is 613. The molecule has 68 valence electrons. The van der Waals surface area contributed by atoms with Crippen molar-refractivity contribution in [1.29, 1.82) is 0 Å². The summed E-state index contributed by atoms with van der Waals surface area (Å²) in [4.78, 5) is 8.36. The van der Waals surface area contributed by atoms with Crippen LogP contribution in [0.5, 0.6) is 0 Å². The second-order valence-electron chi connectivity index (χ2n) is 3.07. The number of anilines is 1. The van der Waals surface area contributed by atoms with E-state index in [9.17, 15) is 0 Å². The van der Waals surface area contributed by atoms with Crippen LogP contribution in [0.3, 0.4) is 0 Å². The molecule has 3 N–H and O–H groups in total. The van der Waals surface area contributed by atoms with Gasteiger partial charge in [0.25, 0.3) is 0 Å². The molecule has 0 amide bonds. The molecule has 0 saturated heterocycles. The highest BCUT2D eigenvalue weighted by Gasteiger charge is 2.04. The van der Waals surface area contributed by atoms with Crippen molar-refractivity contribution in [2.75, 3.05) is 5.73 Å². The Labute approximate surface area is 79.0 Å². The maximum Gasteiger partial charge on any atom is 0.183 e. The van der Waals surface area contributed by atoms with Crippen LogP contribution in [-0.4, -0.2) is 20.2 Å². The zero-order valence-corrected chi connectivity index (χ0v) is 7.23. The fourth-order valence-electron chi connectivity index (χ4n) is 1.46. The van der Waals surface area contributed by atoms with E-state index in [4.69, 9.17) is 5.73 Å². The van der Waals surface area contributed by atoms with Gasteiger partial charge in [0.1, 0.15) is 5.82 Å². The summed E-state index contributed by atoms with van der Waals surface area (Å²) in [5.74, 6) is 0.540. The number of nitrogens with two attached hydrogens (primary N) is 1. The molecule has 0 aliphatic heterocycles. The topological polar surface area (TPSA) is 80.5 Å². The summed E-state index contributed by atoms with van der Waals surface area (Å²) in [5.41, 5.74) is 7.20. The Morgan fingerprint density at radius 3 is 3.21 bits per heavy atom. The highest BCUT2D eigenvalue weighted by Crippen LogP contribution is 2.20. The third-order valence-electron chi connectivity index (χ3n) is 2.17. The minimum absolute atomic E-state index is 0.540. The van der Waals surface area contributed by atoms with Gasteiger partial charge >= 0.3 is 0 Å². The van der Waals surface area contributed by atoms with Crippen LogP contribution >= 0.6 is 0 Å². The monoisotopic (exact) mass is 185 g/mol. The van der Waals surface area contributed by atoms with E-state index in [0.717, 1.165) is 16.3 Å². The lowest BCUT2D eigenvalue weighted by atomic mass is 10.2. The van der Waals surface area contributed by atoms with Gasteiger partial charge in [-0.25, -0.2) is 4.98 Å². The summed E-state index contributed by atoms with van der Waals surface area (Å²) in [6, 6.07) is 3.78. The number of nitrogens with one attached hydrogen (secondary N) is 1. The number of nitrogens with zero attached hydrogens (tertiary/aromatic N) is 3. The number of nitrogen functional groups attached to an aromatic ring is 1. The first-order valence-electron chi connectivity index (χ1n) is 4.19. The van der Waals surface area contributed by atoms with Crippen molar-refractivity contribution >= 4 is 27.8 Å². The zero-order valence-electron chi connectivity index (χ0n) is 7.23. The Morgan fingerprint density at radius 1 is 1.36 bits per heavy atom. The second kappa shape index (κ2) is 2.41. The Hall–Kier alpha value is -2.17. The summed E-state index contributed by atoms with van der Waals surface area (Å²) in [7, 11) is 0. The number of aromatic amines is 1. The molecule has 0 fully saturated rings. The summed E-state index contributed by atoms with van der Waals surface area (Å²) in [5, 5.41) is 8.49. The highest BCUT2D eigenvalue weighted by molar-refractivity contribution is 5.95. The van der Waals surface area contributed by atoms with Crippen LogP contribution < -0.4 is 5.73 Å². The molecule has 3 aromatic heterocycles. The number of hydrogen-bond acceptors (Lipinski definition) is 4. The maximum atomic E-state index is 5.69. The fraction of sp³-hybridized carbons (Fsp3) is 0. The van der Waals surface area contributed by atoms with Gasteiger partial charge in [0, 0.05) is 17.8 Å². The molecular weight excluding hydrogens is 178 g/mol. The van der Waals surface area contributed by atoms with E-state index in [-0.39, 0.29) is 0 Å². The molecule has 3 aromatic rings. The van der Waals surface area contributed by atoms with Crippen molar-refractivity contribution in [2.45, 2.75) is 0 Å². The van der Waals surface area contributed by atoms with Crippen LogP contribution in [0.2, 0.25) is 0 Å². The number of aromatic nitrogens is 4. The lowest BCUT2D eigenvalue weighted by molar-refractivity contribution is 1.11. The third kappa shape index (κ3) is 0.861. The molecule has 5 nitrogen and oxygen atoms in total. The molecular formula is C9H7N5. The molecule has 3 heterocycles. The molecule has 3 rings (SSSR count). The summed E-state index contributed by atoms with van der Waals surface area (Å²) < 4.78 is 0. The second-order valence-corrected chi connectivity index (χ2v) is 3.07. The molecule has 0 atom stereocenters. The number of H-pyrrole nitrogens is 1. The normalized spacial score (nSPS) is 11.1. The van der Waals surface area contributed by atoms with Gasteiger partial charge in [0.2, 0.25) is 0 Å². The summed E-state index contributed by atoms with van der Waals surface area (Å²) in [6.45, 7) is 0. The van der Waals surface area contributed by atoms with Gasteiger partial charge in [-0.3, -0.25) is 10.1 Å². The quantitative estimate of drug-likeness (QED) is 0.549. The van der Waals surface area contributed by atoms with Gasteiger partial charge in [0.15, 0.2) is 5.65 Å². The van der Waals surface area contributed by atoms with E-state index >= 15 is 0 Å². The van der Waals surface area contributed by atoms with E-state index in [1.165, 1.54) is 0 Å². The predicted molar refractivity (Wildman–Crippen MR) is 53.6 cm³/mol. The molecule has 0 unspecified atom stereocenters. The van der Waals surface area contributed by atoms with Crippen molar-refractivity contribution in [3.63, 3.8) is 0 Å². The number of hydrogen-bond donors (Lipinski definition) is 2. The van der Waals surface area contributed by atoms with Crippen LogP contribution in [0.4, 0.5) is 5.82 Å². The minimum atomic E-state index is 0.540. The lowest BCUT2D eigenvalue weighted by Crippen LogP contribution is -1.85. The van der Waals surface area contributed by atoms with Crippen LogP contribution in [0.1, 0.15) is 0 Å². The van der Waals surface area contributed by atoms with Gasteiger partial charge < -0.3 is 5.73 Å². The minimum Gasteiger partial charge on any atom is -0.384 e. The lowest BCUT2D eigenvalue weighted by Gasteiger charge is -1.95. The van der Waals surface area contributed by atoms with Crippen LogP contribution in [-0.2, 0) is 0 Å². The highest BCUT2D eigenvalue weighted by atomic mass is 15.2. The molecule has 0 saturated carbocycles. The van der Waals surface area contributed by atoms with E-state index in [1.807, 2.05) is 12.1 Å². The first-order chi connectivity index (χ1) is 6.84. The summed E-state index contributed by atoms with van der Waals surface area (Å²) in [6.07, 6.45) is 3.46. The molecule has 0 aromatic carbocycles. The predicted octanol–water partition coefficient (Wildman–Crippen LogP) is 1.09. The molecule has 0 aliphatic rings. The fourth-order valence-corrected chi connectivity index (χ4v) is 1.46. The third-order valence-corrected chi connectivity index (χ3v) is 2.17. The van der Waals surface area contributed by atoms with Gasteiger partial charge in [-0.2, -0.15) is 5.10 Å². The Morgan fingerprint density at radius 2 is 2.29 bits per heavy atom. The van der Waals surface area contributed by atoms with Gasteiger partial charge in [0.05, 0.1) is 10.9 Å². The smallest absolute Gasteiger partial charge is 0.183 e. The van der Waals surface area contributed by atoms with Crippen molar-refractivity contribution < 1.29 is 0 Å². The van der Waals surface area contributed by atoms with Crippen molar-refractivity contribution in [1.82, 2.24) is 20.2 Å². The van der Waals surface area contributed by atoms with Gasteiger partial charge in [-0.1, -0.05) is 0 Å². The average molecular weight is 185 g/mol. The van der Waals surface area contributed by atoms with Crippen LogP contribution in [0, 0.1) is 0 Å². The number of fused-ring (bicyclic) bond motifs is 2. The first kappa shape index (κ1) is 7.25. The van der Waals surface area contributed by atoms with Crippen LogP contribution in [0.25, 0.3) is 21.9 Å². The SMILES string of the molecule is Nc1[nH]nc2nc3ccncc3cc12. The largest absolute Gasteiger partial charge is 0.384 e. The molecule has 0 spiro atoms. The Kier molecular flexibility index (Phi) is 1.25. The number of pyridine rings is 2. The first-order valence-corrected chi connectivity index (χ1v) is 4.19. The molecule has 0 radical (unpaired) electrons. The summed E-state index contributed by atoms with van der Waals surface area (Å²) >= 11 is 0. The molecule has 0 bridgehead atoms. The Balaban J connectivity index is 2.54. The zero-order chi connectivity index (χ0) is 9.54. The molecule has 0 aliphatic carbocycles. The van der Waals surface area contributed by atoms with Crippen molar-refractivity contribution in [2.24, 2.45) is 0 Å². The van der Waals surface area contributed by atoms with Crippen LogP contribution in [0.15, 0.2) is 24.5 Å². The van der Waals surface area contributed by atoms with E-state index in [1.54, 1.807) is 12.4 Å². The van der Waals surface area contributed by atoms with E-state index < -0.39 is 0 Å². The average Bonchev–Trinajstić information content (AvgIpc) is 2.57. The molecule has 14 heavy (non-hydrogen) atoms. The number of rotatable bonds is 0. The standard InChI is InChI=1S/C9H7N5/c10-8-6-3-5-4-11-2-1-7(5)12-9(6)14-13-8/h1-4H,(H3,10,12,13,14). The van der Waals surface area contributed by atoms with Crippen molar-refractivity contribution in [3.05, 3.63) is 24.5 Å². The van der Waals surface area contributed by atoms with E-state index in [2.05, 4.69) is 20.2 Å². The van der Waals surface area contributed by atoms with Gasteiger partial charge in [-0.15, -0.1) is 0 Å². The molecule has 5 heteroatoms. The van der Waals surface area contributed by atoms with E-state index in [0.29, 0.717) is 11.5 Å². The maximum absolute atomic E-state index is 5.69. The van der Waals surface area contributed by atoms with Gasteiger partial charge in [-0.05, 0) is 12.1 Å².